The average molecular weight is 290 g/mol. The van der Waals surface area contributed by atoms with Crippen LogP contribution in [0.1, 0.15) is 16.8 Å². The first kappa shape index (κ1) is 9.69. The van der Waals surface area contributed by atoms with Crippen molar-refractivity contribution < 1.29 is 0 Å². The molecule has 0 aromatic carbocycles. The molecule has 0 saturated carbocycles. The molecule has 1 aromatic heterocycles. The van der Waals surface area contributed by atoms with Crippen LogP contribution in [-0.4, -0.2) is 4.98 Å². The van der Waals surface area contributed by atoms with Crippen LogP contribution in [0.2, 0.25) is 0 Å². The van der Waals surface area contributed by atoms with Gasteiger partial charge in [0.25, 0.3) is 0 Å². The lowest BCUT2D eigenvalue weighted by molar-refractivity contribution is 1.17. The lowest BCUT2D eigenvalue weighted by Crippen LogP contribution is -1.92. The van der Waals surface area contributed by atoms with E-state index in [0.717, 1.165) is 21.8 Å². The summed E-state index contributed by atoms with van der Waals surface area (Å²) >= 11 is 6.71. The molecule has 1 heterocycles. The predicted molar refractivity (Wildman–Crippen MR) is 54.2 cm³/mol. The lowest BCUT2D eigenvalue weighted by atomic mass is 10.1. The van der Waals surface area contributed by atoms with Crippen molar-refractivity contribution in [1.29, 1.82) is 5.26 Å². The van der Waals surface area contributed by atoms with Gasteiger partial charge < -0.3 is 0 Å². The molecular formula is C8H6Br2N2. The van der Waals surface area contributed by atoms with Crippen molar-refractivity contribution in [3.63, 3.8) is 0 Å². The van der Waals surface area contributed by atoms with Crippen LogP contribution < -0.4 is 0 Å². The molecule has 12 heavy (non-hydrogen) atoms. The summed E-state index contributed by atoms with van der Waals surface area (Å²) in [7, 11) is 0. The summed E-state index contributed by atoms with van der Waals surface area (Å²) in [5.74, 6) is 0. The van der Waals surface area contributed by atoms with Gasteiger partial charge in [-0.2, -0.15) is 5.26 Å². The highest BCUT2D eigenvalue weighted by Gasteiger charge is 2.01. The minimum atomic E-state index is 0.467. The second kappa shape index (κ2) is 4.58. The van der Waals surface area contributed by atoms with E-state index >= 15 is 0 Å². The summed E-state index contributed by atoms with van der Waals surface area (Å²) in [6.07, 6.45) is 1.73. The first-order valence-electron chi connectivity index (χ1n) is 3.31. The van der Waals surface area contributed by atoms with Gasteiger partial charge in [-0.3, -0.25) is 0 Å². The van der Waals surface area contributed by atoms with Crippen molar-refractivity contribution in [2.75, 3.05) is 0 Å². The third-order valence-electron chi connectivity index (χ3n) is 1.49. The molecule has 4 heteroatoms. The molecule has 0 atom stereocenters. The average Bonchev–Trinajstić information content (AvgIpc) is 2.16. The monoisotopic (exact) mass is 288 g/mol. The highest BCUT2D eigenvalue weighted by molar-refractivity contribution is 9.09. The van der Waals surface area contributed by atoms with Gasteiger partial charge in [0.05, 0.1) is 0 Å². The molecule has 2 nitrogen and oxygen atoms in total. The minimum Gasteiger partial charge on any atom is -0.245 e. The number of aromatic nitrogens is 1. The van der Waals surface area contributed by atoms with Crippen LogP contribution in [0.25, 0.3) is 0 Å². The highest BCUT2D eigenvalue weighted by atomic mass is 79.9. The number of alkyl halides is 2. The first-order valence-corrected chi connectivity index (χ1v) is 5.56. The fourth-order valence-electron chi connectivity index (χ4n) is 0.831. The zero-order chi connectivity index (χ0) is 8.97. The molecule has 0 spiro atoms. The van der Waals surface area contributed by atoms with E-state index in [2.05, 4.69) is 36.8 Å². The molecule has 1 rings (SSSR count). The second-order valence-corrected chi connectivity index (χ2v) is 3.34. The Hall–Kier alpha value is -0.400. The van der Waals surface area contributed by atoms with Crippen LogP contribution >= 0.6 is 31.9 Å². The Kier molecular flexibility index (Phi) is 3.70. The second-order valence-electron chi connectivity index (χ2n) is 2.22. The van der Waals surface area contributed by atoms with Gasteiger partial charge in [0.15, 0.2) is 0 Å². The summed E-state index contributed by atoms with van der Waals surface area (Å²) < 4.78 is 0. The molecule has 0 amide bonds. The standard InChI is InChI=1S/C8H6Br2N2/c9-2-6-1-8(4-11)12-5-7(6)3-10/h1,5H,2-3H2. The van der Waals surface area contributed by atoms with Crippen LogP contribution in [0.5, 0.6) is 0 Å². The van der Waals surface area contributed by atoms with E-state index in [1.165, 1.54) is 0 Å². The van der Waals surface area contributed by atoms with E-state index in [1.54, 1.807) is 12.3 Å². The summed E-state index contributed by atoms with van der Waals surface area (Å²) in [6.45, 7) is 0. The zero-order valence-electron chi connectivity index (χ0n) is 6.22. The van der Waals surface area contributed by atoms with Crippen LogP contribution in [0.4, 0.5) is 0 Å². The van der Waals surface area contributed by atoms with Crippen molar-refractivity contribution in [2.45, 2.75) is 10.7 Å². The van der Waals surface area contributed by atoms with Gasteiger partial charge in [0.1, 0.15) is 11.8 Å². The smallest absolute Gasteiger partial charge is 0.140 e. The number of hydrogen-bond donors (Lipinski definition) is 0. The number of halogens is 2. The highest BCUT2D eigenvalue weighted by Crippen LogP contribution is 2.15. The van der Waals surface area contributed by atoms with Gasteiger partial charge in [0, 0.05) is 16.9 Å². The fraction of sp³-hybridized carbons (Fsp3) is 0.250. The maximum atomic E-state index is 8.58. The summed E-state index contributed by atoms with van der Waals surface area (Å²) in [4.78, 5) is 3.96. The first-order chi connectivity index (χ1) is 5.81. The molecule has 62 valence electrons. The largest absolute Gasteiger partial charge is 0.245 e. The Morgan fingerprint density at radius 1 is 1.33 bits per heavy atom. The summed E-state index contributed by atoms with van der Waals surface area (Å²) in [5.41, 5.74) is 2.69. The maximum Gasteiger partial charge on any atom is 0.140 e. The van der Waals surface area contributed by atoms with E-state index < -0.39 is 0 Å². The van der Waals surface area contributed by atoms with Crippen molar-refractivity contribution in [1.82, 2.24) is 4.98 Å². The van der Waals surface area contributed by atoms with E-state index in [0.29, 0.717) is 5.69 Å². The van der Waals surface area contributed by atoms with E-state index in [1.807, 2.05) is 6.07 Å². The van der Waals surface area contributed by atoms with Gasteiger partial charge in [-0.15, -0.1) is 0 Å². The molecule has 0 aliphatic rings. The number of pyridine rings is 1. The molecule has 0 N–H and O–H groups in total. The number of nitrogens with zero attached hydrogens (tertiary/aromatic N) is 2. The number of nitriles is 1. The van der Waals surface area contributed by atoms with Gasteiger partial charge in [0.2, 0.25) is 0 Å². The Labute approximate surface area is 87.9 Å². The van der Waals surface area contributed by atoms with Gasteiger partial charge in [-0.1, -0.05) is 31.9 Å². The summed E-state index contributed by atoms with van der Waals surface area (Å²) in [6, 6.07) is 3.80. The Morgan fingerprint density at radius 3 is 2.50 bits per heavy atom. The van der Waals surface area contributed by atoms with Gasteiger partial charge in [-0.25, -0.2) is 4.98 Å². The zero-order valence-corrected chi connectivity index (χ0v) is 9.39. The van der Waals surface area contributed by atoms with E-state index in [9.17, 15) is 0 Å². The maximum absolute atomic E-state index is 8.58. The molecule has 0 bridgehead atoms. The van der Waals surface area contributed by atoms with Gasteiger partial charge >= 0.3 is 0 Å². The molecule has 0 saturated heterocycles. The molecule has 0 unspecified atom stereocenters. The molecule has 0 aliphatic carbocycles. The fourth-order valence-corrected chi connectivity index (χ4v) is 1.86. The minimum absolute atomic E-state index is 0.467. The number of rotatable bonds is 2. The Bertz CT molecular complexity index is 317. The van der Waals surface area contributed by atoms with Crippen molar-refractivity contribution >= 4 is 31.9 Å². The Balaban J connectivity index is 3.13. The van der Waals surface area contributed by atoms with Crippen LogP contribution in [0, 0.1) is 11.3 Å². The predicted octanol–water partition coefficient (Wildman–Crippen LogP) is 2.74. The van der Waals surface area contributed by atoms with Crippen molar-refractivity contribution in [3.05, 3.63) is 29.1 Å². The normalized spacial score (nSPS) is 9.42. The van der Waals surface area contributed by atoms with Crippen LogP contribution in [0.15, 0.2) is 12.3 Å². The van der Waals surface area contributed by atoms with E-state index in [4.69, 9.17) is 5.26 Å². The third-order valence-corrected chi connectivity index (χ3v) is 2.69. The Morgan fingerprint density at radius 2 is 2.00 bits per heavy atom. The molecule has 0 aliphatic heterocycles. The SMILES string of the molecule is N#Cc1cc(CBr)c(CBr)cn1. The van der Waals surface area contributed by atoms with Crippen molar-refractivity contribution in [3.8, 4) is 6.07 Å². The van der Waals surface area contributed by atoms with Crippen LogP contribution in [0.3, 0.4) is 0 Å². The quantitative estimate of drug-likeness (QED) is 0.785. The number of hydrogen-bond acceptors (Lipinski definition) is 2. The van der Waals surface area contributed by atoms with Crippen LogP contribution in [-0.2, 0) is 10.7 Å². The molecule has 1 aromatic rings. The van der Waals surface area contributed by atoms with Gasteiger partial charge in [-0.05, 0) is 17.2 Å². The molecular weight excluding hydrogens is 284 g/mol. The lowest BCUT2D eigenvalue weighted by Gasteiger charge is -2.02. The third kappa shape index (κ3) is 2.05. The molecule has 0 fully saturated rings. The van der Waals surface area contributed by atoms with E-state index in [-0.39, 0.29) is 0 Å². The topological polar surface area (TPSA) is 36.7 Å². The van der Waals surface area contributed by atoms with Crippen molar-refractivity contribution in [2.24, 2.45) is 0 Å². The summed E-state index contributed by atoms with van der Waals surface area (Å²) in [5, 5.41) is 10.1. The molecule has 0 radical (unpaired) electrons.